The third-order valence-corrected chi connectivity index (χ3v) is 7.86. The smallest absolute Gasteiger partial charge is 0.243 e. The second kappa shape index (κ2) is 8.70. The molecule has 1 aliphatic heterocycles. The molecule has 2 heterocycles. The van der Waals surface area contributed by atoms with Gasteiger partial charge in [0.05, 0.1) is 29.5 Å². The number of sulfonamides is 1. The average molecular weight is 458 g/mol. The number of ether oxygens (including phenoxy) is 1. The van der Waals surface area contributed by atoms with Crippen LogP contribution in [0.4, 0.5) is 5.69 Å². The minimum Gasteiger partial charge on any atom is -0.379 e. The Morgan fingerprint density at radius 2 is 1.61 bits per heavy atom. The molecule has 0 spiro atoms. The van der Waals surface area contributed by atoms with E-state index in [1.807, 2.05) is 42.5 Å². The average Bonchev–Trinajstić information content (AvgIpc) is 3.19. The molecular formula is C23H27N3O3S2. The van der Waals surface area contributed by atoms with Crippen molar-refractivity contribution in [2.24, 2.45) is 4.99 Å². The number of rotatable bonds is 4. The van der Waals surface area contributed by atoms with Crippen molar-refractivity contribution in [1.29, 1.82) is 0 Å². The lowest BCUT2D eigenvalue weighted by Gasteiger charge is -2.26. The molecular weight excluding hydrogens is 430 g/mol. The van der Waals surface area contributed by atoms with Crippen LogP contribution >= 0.6 is 11.3 Å². The van der Waals surface area contributed by atoms with Crippen LogP contribution in [0.2, 0.25) is 0 Å². The number of nitrogens with zero attached hydrogens (tertiary/aromatic N) is 3. The first-order valence-corrected chi connectivity index (χ1v) is 12.6. The molecule has 164 valence electrons. The molecule has 0 N–H and O–H groups in total. The number of thiazole rings is 1. The first kappa shape index (κ1) is 22.0. The van der Waals surface area contributed by atoms with Gasteiger partial charge in [-0.25, -0.2) is 13.4 Å². The Morgan fingerprint density at radius 1 is 0.968 bits per heavy atom. The zero-order valence-electron chi connectivity index (χ0n) is 18.0. The fourth-order valence-corrected chi connectivity index (χ4v) is 6.09. The maximum atomic E-state index is 12.9. The third kappa shape index (κ3) is 4.67. The molecule has 0 saturated carbocycles. The topological polar surface area (TPSA) is 63.9 Å². The molecule has 0 aliphatic carbocycles. The van der Waals surface area contributed by atoms with E-state index in [-0.39, 0.29) is 5.54 Å². The van der Waals surface area contributed by atoms with Gasteiger partial charge in [-0.3, -0.25) is 0 Å². The van der Waals surface area contributed by atoms with E-state index in [2.05, 4.69) is 30.7 Å². The summed E-state index contributed by atoms with van der Waals surface area (Å²) in [5.74, 6) is 0. The highest BCUT2D eigenvalue weighted by molar-refractivity contribution is 7.89. The first-order valence-electron chi connectivity index (χ1n) is 10.3. The van der Waals surface area contributed by atoms with Gasteiger partial charge in [-0.05, 0) is 50.6 Å². The van der Waals surface area contributed by atoms with Crippen LogP contribution in [0.3, 0.4) is 0 Å². The highest BCUT2D eigenvalue weighted by atomic mass is 32.2. The molecule has 1 saturated heterocycles. The van der Waals surface area contributed by atoms with Gasteiger partial charge in [0, 0.05) is 24.0 Å². The largest absolute Gasteiger partial charge is 0.379 e. The molecule has 0 bridgehead atoms. The van der Waals surface area contributed by atoms with Gasteiger partial charge >= 0.3 is 0 Å². The van der Waals surface area contributed by atoms with Crippen LogP contribution in [-0.4, -0.2) is 43.6 Å². The second-order valence-electron chi connectivity index (χ2n) is 8.40. The van der Waals surface area contributed by atoms with E-state index in [9.17, 15) is 8.42 Å². The molecule has 8 heteroatoms. The minimum atomic E-state index is -3.50. The Hall–Kier alpha value is -2.26. The highest BCUT2D eigenvalue weighted by Gasteiger charge is 2.26. The van der Waals surface area contributed by atoms with Crippen LogP contribution in [0, 0.1) is 0 Å². The van der Waals surface area contributed by atoms with Gasteiger partial charge in [-0.2, -0.15) is 4.31 Å². The molecule has 0 radical (unpaired) electrons. The van der Waals surface area contributed by atoms with Crippen molar-refractivity contribution >= 4 is 27.0 Å². The van der Waals surface area contributed by atoms with Gasteiger partial charge in [0.25, 0.3) is 0 Å². The first-order chi connectivity index (χ1) is 14.8. The van der Waals surface area contributed by atoms with Crippen molar-refractivity contribution in [3.8, 4) is 11.3 Å². The fourth-order valence-electron chi connectivity index (χ4n) is 3.59. The van der Waals surface area contributed by atoms with Crippen molar-refractivity contribution < 1.29 is 13.2 Å². The molecule has 6 nitrogen and oxygen atoms in total. The predicted octanol–water partition coefficient (Wildman–Crippen LogP) is 4.22. The Labute approximate surface area is 187 Å². The molecule has 2 aromatic carbocycles. The molecule has 4 rings (SSSR count). The van der Waals surface area contributed by atoms with Gasteiger partial charge in [0.1, 0.15) is 0 Å². The molecule has 0 unspecified atom stereocenters. The monoisotopic (exact) mass is 457 g/mol. The maximum absolute atomic E-state index is 12.9. The summed E-state index contributed by atoms with van der Waals surface area (Å²) in [5, 5.41) is 2.08. The summed E-state index contributed by atoms with van der Waals surface area (Å²) < 4.78 is 34.8. The maximum Gasteiger partial charge on any atom is 0.243 e. The zero-order chi connectivity index (χ0) is 22.1. The Morgan fingerprint density at radius 3 is 2.23 bits per heavy atom. The van der Waals surface area contributed by atoms with Crippen LogP contribution in [0.25, 0.3) is 11.3 Å². The minimum absolute atomic E-state index is 0.193. The molecule has 1 fully saturated rings. The molecule has 3 aromatic rings. The van der Waals surface area contributed by atoms with Crippen molar-refractivity contribution in [1.82, 2.24) is 8.87 Å². The summed E-state index contributed by atoms with van der Waals surface area (Å²) in [5.41, 5.74) is 2.69. The molecule has 0 atom stereocenters. The quantitative estimate of drug-likeness (QED) is 0.589. The number of para-hydroxylation sites is 1. The normalized spacial score (nSPS) is 16.5. The lowest BCUT2D eigenvalue weighted by molar-refractivity contribution is 0.0730. The van der Waals surface area contributed by atoms with Crippen LogP contribution < -0.4 is 4.80 Å². The molecule has 31 heavy (non-hydrogen) atoms. The summed E-state index contributed by atoms with van der Waals surface area (Å²) in [6.07, 6.45) is 0. The second-order valence-corrected chi connectivity index (χ2v) is 11.2. The summed E-state index contributed by atoms with van der Waals surface area (Å²) in [7, 11) is -3.50. The SMILES string of the molecule is CC(C)(C)n1c(-c2ccc(S(=O)(=O)N3CCOCC3)cc2)csc1=Nc1ccccc1. The summed E-state index contributed by atoms with van der Waals surface area (Å²) in [6, 6.07) is 17.0. The number of hydrogen-bond acceptors (Lipinski definition) is 5. The van der Waals surface area contributed by atoms with Crippen molar-refractivity contribution in [3.63, 3.8) is 0 Å². The lowest BCUT2D eigenvalue weighted by Crippen LogP contribution is -2.40. The number of hydrogen-bond donors (Lipinski definition) is 0. The van der Waals surface area contributed by atoms with E-state index in [1.165, 1.54) is 4.31 Å². The summed E-state index contributed by atoms with van der Waals surface area (Å²) >= 11 is 1.58. The number of benzene rings is 2. The highest BCUT2D eigenvalue weighted by Crippen LogP contribution is 2.28. The van der Waals surface area contributed by atoms with E-state index in [0.29, 0.717) is 31.2 Å². The van der Waals surface area contributed by atoms with Crippen LogP contribution in [-0.2, 0) is 20.3 Å². The van der Waals surface area contributed by atoms with Gasteiger partial charge < -0.3 is 9.30 Å². The predicted molar refractivity (Wildman–Crippen MR) is 124 cm³/mol. The van der Waals surface area contributed by atoms with Crippen molar-refractivity contribution in [3.05, 3.63) is 64.8 Å². The van der Waals surface area contributed by atoms with Gasteiger partial charge in [0.15, 0.2) is 4.80 Å². The van der Waals surface area contributed by atoms with Crippen LogP contribution in [0.15, 0.2) is 69.9 Å². The Bertz CT molecular complexity index is 1200. The fraction of sp³-hybridized carbons (Fsp3) is 0.348. The molecule has 1 aliphatic rings. The summed E-state index contributed by atoms with van der Waals surface area (Å²) in [4.78, 5) is 6.05. The number of aromatic nitrogens is 1. The zero-order valence-corrected chi connectivity index (χ0v) is 19.6. The van der Waals surface area contributed by atoms with E-state index in [4.69, 9.17) is 9.73 Å². The number of morpholine rings is 1. The van der Waals surface area contributed by atoms with Gasteiger partial charge in [-0.1, -0.05) is 30.3 Å². The Kier molecular flexibility index (Phi) is 6.16. The standard InChI is InChI=1S/C23H27N3O3S2/c1-23(2,3)26-21(17-30-22(26)24-19-7-5-4-6-8-19)18-9-11-20(12-10-18)31(27,28)25-13-15-29-16-14-25/h4-12,17H,13-16H2,1-3H3. The van der Waals surface area contributed by atoms with E-state index < -0.39 is 10.0 Å². The Balaban J connectivity index is 1.73. The van der Waals surface area contributed by atoms with Crippen LogP contribution in [0.5, 0.6) is 0 Å². The van der Waals surface area contributed by atoms with E-state index >= 15 is 0 Å². The molecule has 1 aromatic heterocycles. The summed E-state index contributed by atoms with van der Waals surface area (Å²) in [6.45, 7) is 8.09. The molecule has 0 amide bonds. The van der Waals surface area contributed by atoms with Crippen molar-refractivity contribution in [2.45, 2.75) is 31.2 Å². The van der Waals surface area contributed by atoms with Crippen molar-refractivity contribution in [2.75, 3.05) is 26.3 Å². The van der Waals surface area contributed by atoms with E-state index in [0.717, 1.165) is 21.7 Å². The van der Waals surface area contributed by atoms with Gasteiger partial charge in [-0.15, -0.1) is 11.3 Å². The third-order valence-electron chi connectivity index (χ3n) is 5.12. The lowest BCUT2D eigenvalue weighted by atomic mass is 10.1. The van der Waals surface area contributed by atoms with Gasteiger partial charge in [0.2, 0.25) is 10.0 Å². The van der Waals surface area contributed by atoms with Crippen LogP contribution in [0.1, 0.15) is 20.8 Å². The van der Waals surface area contributed by atoms with E-state index in [1.54, 1.807) is 23.5 Å².